The number of carbonyl (C=O) groups excluding carboxylic acids is 1. The first-order valence-electron chi connectivity index (χ1n) is 8.19. The maximum Gasteiger partial charge on any atom is 0.274 e. The van der Waals surface area contributed by atoms with E-state index < -0.39 is 11.7 Å². The van der Waals surface area contributed by atoms with Gasteiger partial charge in [0, 0.05) is 12.6 Å². The quantitative estimate of drug-likeness (QED) is 0.721. The van der Waals surface area contributed by atoms with Gasteiger partial charge < -0.3 is 20.1 Å². The SMILES string of the molecule is O=C(Nc1ccccc1F)c1cc(NCc2ccc3c(c2)OCO3)ncn1. The summed E-state index contributed by atoms with van der Waals surface area (Å²) in [6.45, 7) is 0.695. The van der Waals surface area contributed by atoms with Crippen LogP contribution in [0.1, 0.15) is 16.1 Å². The number of ether oxygens (including phenoxy) is 2. The first-order valence-corrected chi connectivity index (χ1v) is 8.19. The summed E-state index contributed by atoms with van der Waals surface area (Å²) in [6, 6.07) is 13.1. The molecule has 0 bridgehead atoms. The molecule has 136 valence electrons. The van der Waals surface area contributed by atoms with Crippen LogP contribution in [0, 0.1) is 5.82 Å². The van der Waals surface area contributed by atoms with Crippen molar-refractivity contribution >= 4 is 17.4 Å². The summed E-state index contributed by atoms with van der Waals surface area (Å²) in [5.41, 5.74) is 1.19. The van der Waals surface area contributed by atoms with Crippen molar-refractivity contribution in [2.45, 2.75) is 6.54 Å². The largest absolute Gasteiger partial charge is 0.454 e. The molecule has 0 atom stereocenters. The van der Waals surface area contributed by atoms with Crippen molar-refractivity contribution in [2.75, 3.05) is 17.4 Å². The lowest BCUT2D eigenvalue weighted by Gasteiger charge is -2.09. The summed E-state index contributed by atoms with van der Waals surface area (Å²) in [4.78, 5) is 20.3. The summed E-state index contributed by atoms with van der Waals surface area (Å²) in [5, 5.41) is 5.61. The Labute approximate surface area is 154 Å². The minimum absolute atomic E-state index is 0.0935. The molecule has 1 aliphatic rings. The zero-order chi connectivity index (χ0) is 18.6. The third-order valence-electron chi connectivity index (χ3n) is 3.93. The molecule has 0 aliphatic carbocycles. The highest BCUT2D eigenvalue weighted by molar-refractivity contribution is 6.03. The number of nitrogens with one attached hydrogen (secondary N) is 2. The lowest BCUT2D eigenvalue weighted by molar-refractivity contribution is 0.102. The molecule has 0 saturated heterocycles. The van der Waals surface area contributed by atoms with E-state index in [9.17, 15) is 9.18 Å². The number of hydrogen-bond donors (Lipinski definition) is 2. The highest BCUT2D eigenvalue weighted by Gasteiger charge is 2.14. The number of carbonyl (C=O) groups is 1. The Balaban J connectivity index is 1.43. The van der Waals surface area contributed by atoms with Gasteiger partial charge in [0.25, 0.3) is 5.91 Å². The van der Waals surface area contributed by atoms with E-state index in [1.807, 2.05) is 18.2 Å². The smallest absolute Gasteiger partial charge is 0.274 e. The Hall–Kier alpha value is -3.68. The van der Waals surface area contributed by atoms with Crippen LogP contribution in [-0.4, -0.2) is 22.7 Å². The maximum atomic E-state index is 13.7. The van der Waals surface area contributed by atoms with Gasteiger partial charge in [-0.3, -0.25) is 4.79 Å². The zero-order valence-electron chi connectivity index (χ0n) is 14.1. The summed E-state index contributed by atoms with van der Waals surface area (Å²) >= 11 is 0. The third-order valence-corrected chi connectivity index (χ3v) is 3.93. The molecule has 2 heterocycles. The standard InChI is InChI=1S/C19H15FN4O3/c20-13-3-1-2-4-14(13)24-19(25)15-8-18(23-10-22-15)21-9-12-5-6-16-17(7-12)27-11-26-16/h1-8,10H,9,11H2,(H,24,25)(H,21,22,23). The van der Waals surface area contributed by atoms with Crippen LogP contribution in [0.4, 0.5) is 15.9 Å². The van der Waals surface area contributed by atoms with E-state index in [2.05, 4.69) is 20.6 Å². The van der Waals surface area contributed by atoms with E-state index in [1.165, 1.54) is 24.5 Å². The van der Waals surface area contributed by atoms with Crippen LogP contribution in [0.25, 0.3) is 0 Å². The predicted molar refractivity (Wildman–Crippen MR) is 96.3 cm³/mol. The number of fused-ring (bicyclic) bond motifs is 1. The number of anilines is 2. The van der Waals surface area contributed by atoms with Gasteiger partial charge >= 0.3 is 0 Å². The van der Waals surface area contributed by atoms with E-state index in [0.717, 1.165) is 5.56 Å². The number of benzene rings is 2. The Bertz CT molecular complexity index is 996. The molecule has 1 aromatic heterocycles. The average molecular weight is 366 g/mol. The van der Waals surface area contributed by atoms with Crippen LogP contribution < -0.4 is 20.1 Å². The highest BCUT2D eigenvalue weighted by atomic mass is 19.1. The fraction of sp³-hybridized carbons (Fsp3) is 0.105. The number of para-hydroxylation sites is 1. The molecular formula is C19H15FN4O3. The summed E-state index contributed by atoms with van der Waals surface area (Å²) < 4.78 is 24.3. The van der Waals surface area contributed by atoms with Gasteiger partial charge in [0.2, 0.25) is 6.79 Å². The van der Waals surface area contributed by atoms with Crippen molar-refractivity contribution in [1.82, 2.24) is 9.97 Å². The first kappa shape index (κ1) is 16.8. The molecule has 0 radical (unpaired) electrons. The van der Waals surface area contributed by atoms with Crippen molar-refractivity contribution in [3.8, 4) is 11.5 Å². The number of rotatable bonds is 5. The van der Waals surface area contributed by atoms with E-state index in [4.69, 9.17) is 9.47 Å². The van der Waals surface area contributed by atoms with Gasteiger partial charge in [0.1, 0.15) is 23.7 Å². The lowest BCUT2D eigenvalue weighted by Crippen LogP contribution is -2.15. The van der Waals surface area contributed by atoms with Crippen molar-refractivity contribution < 1.29 is 18.7 Å². The Morgan fingerprint density at radius 1 is 1.07 bits per heavy atom. The number of amides is 1. The van der Waals surface area contributed by atoms with Gasteiger partial charge in [0.05, 0.1) is 5.69 Å². The Kier molecular flexibility index (Phi) is 4.52. The van der Waals surface area contributed by atoms with Gasteiger partial charge in [-0.15, -0.1) is 0 Å². The molecule has 1 amide bonds. The maximum absolute atomic E-state index is 13.7. The van der Waals surface area contributed by atoms with Crippen LogP contribution in [0.5, 0.6) is 11.5 Å². The van der Waals surface area contributed by atoms with Gasteiger partial charge in [-0.1, -0.05) is 18.2 Å². The summed E-state index contributed by atoms with van der Waals surface area (Å²) in [7, 11) is 0. The van der Waals surface area contributed by atoms with E-state index in [1.54, 1.807) is 12.1 Å². The number of nitrogens with zero attached hydrogens (tertiary/aromatic N) is 2. The Morgan fingerprint density at radius 3 is 2.81 bits per heavy atom. The molecule has 0 saturated carbocycles. The monoisotopic (exact) mass is 366 g/mol. The van der Waals surface area contributed by atoms with Crippen molar-refractivity contribution in [3.05, 3.63) is 71.9 Å². The summed E-state index contributed by atoms with van der Waals surface area (Å²) in [6.07, 6.45) is 1.28. The van der Waals surface area contributed by atoms with Gasteiger partial charge in [0.15, 0.2) is 11.5 Å². The first-order chi connectivity index (χ1) is 13.2. The molecule has 2 aromatic carbocycles. The third kappa shape index (κ3) is 3.79. The Morgan fingerprint density at radius 2 is 1.93 bits per heavy atom. The molecule has 7 nitrogen and oxygen atoms in total. The lowest BCUT2D eigenvalue weighted by atomic mass is 10.2. The fourth-order valence-corrected chi connectivity index (χ4v) is 2.57. The van der Waals surface area contributed by atoms with E-state index in [0.29, 0.717) is 23.9 Å². The summed E-state index contributed by atoms with van der Waals surface area (Å²) in [5.74, 6) is 0.853. The number of hydrogen-bond acceptors (Lipinski definition) is 6. The predicted octanol–water partition coefficient (Wildman–Crippen LogP) is 3.21. The number of halogens is 1. The minimum atomic E-state index is -0.520. The molecule has 2 N–H and O–H groups in total. The molecule has 0 spiro atoms. The molecule has 27 heavy (non-hydrogen) atoms. The fourth-order valence-electron chi connectivity index (χ4n) is 2.57. The molecule has 3 aromatic rings. The van der Waals surface area contributed by atoms with Crippen LogP contribution in [0.2, 0.25) is 0 Å². The normalized spacial score (nSPS) is 11.9. The molecule has 8 heteroatoms. The van der Waals surface area contributed by atoms with Crippen LogP contribution >= 0.6 is 0 Å². The molecule has 1 aliphatic heterocycles. The van der Waals surface area contributed by atoms with Crippen molar-refractivity contribution in [3.63, 3.8) is 0 Å². The minimum Gasteiger partial charge on any atom is -0.454 e. The van der Waals surface area contributed by atoms with Crippen LogP contribution in [0.15, 0.2) is 54.9 Å². The number of aromatic nitrogens is 2. The molecule has 0 fully saturated rings. The van der Waals surface area contributed by atoms with Gasteiger partial charge in [-0.2, -0.15) is 0 Å². The van der Waals surface area contributed by atoms with E-state index in [-0.39, 0.29) is 18.2 Å². The topological polar surface area (TPSA) is 85.4 Å². The highest BCUT2D eigenvalue weighted by Crippen LogP contribution is 2.32. The second kappa shape index (κ2) is 7.28. The van der Waals surface area contributed by atoms with E-state index >= 15 is 0 Å². The van der Waals surface area contributed by atoms with Crippen LogP contribution in [-0.2, 0) is 6.54 Å². The second-order valence-corrected chi connectivity index (χ2v) is 5.76. The van der Waals surface area contributed by atoms with Crippen LogP contribution in [0.3, 0.4) is 0 Å². The van der Waals surface area contributed by atoms with Crippen molar-refractivity contribution in [2.24, 2.45) is 0 Å². The second-order valence-electron chi connectivity index (χ2n) is 5.76. The van der Waals surface area contributed by atoms with Crippen molar-refractivity contribution in [1.29, 1.82) is 0 Å². The zero-order valence-corrected chi connectivity index (χ0v) is 14.1. The molecule has 0 unspecified atom stereocenters. The van der Waals surface area contributed by atoms with Gasteiger partial charge in [-0.25, -0.2) is 14.4 Å². The molecular weight excluding hydrogens is 351 g/mol. The molecule has 4 rings (SSSR count). The average Bonchev–Trinajstić information content (AvgIpc) is 3.16. The van der Waals surface area contributed by atoms with Gasteiger partial charge in [-0.05, 0) is 29.8 Å².